The topological polar surface area (TPSA) is 87.2 Å². The molecule has 1 amide bonds. The number of imidazole rings is 1. The molecular formula is C11H13N3O3. The number of amides is 1. The van der Waals surface area contributed by atoms with Gasteiger partial charge in [-0.25, -0.2) is 9.78 Å². The van der Waals surface area contributed by atoms with Crippen molar-refractivity contribution in [3.05, 3.63) is 23.8 Å². The summed E-state index contributed by atoms with van der Waals surface area (Å²) >= 11 is 0. The minimum absolute atomic E-state index is 0.292. The summed E-state index contributed by atoms with van der Waals surface area (Å²) < 4.78 is 4.47. The van der Waals surface area contributed by atoms with E-state index in [-0.39, 0.29) is 0 Å². The Labute approximate surface area is 97.6 Å². The second kappa shape index (κ2) is 4.42. The number of H-pyrrole nitrogens is 1. The van der Waals surface area contributed by atoms with Gasteiger partial charge in [0.1, 0.15) is 0 Å². The number of para-hydroxylation sites is 1. The first kappa shape index (κ1) is 11.4. The predicted molar refractivity (Wildman–Crippen MR) is 62.8 cm³/mol. The lowest BCUT2D eigenvalue weighted by molar-refractivity contribution is 0.186. The van der Waals surface area contributed by atoms with Crippen molar-refractivity contribution in [1.82, 2.24) is 9.97 Å². The number of ether oxygens (including phenoxy) is 1. The number of aromatic amines is 1. The molecule has 0 aliphatic rings. The van der Waals surface area contributed by atoms with Crippen molar-refractivity contribution in [2.75, 3.05) is 12.4 Å². The third-order valence-electron chi connectivity index (χ3n) is 2.40. The van der Waals surface area contributed by atoms with Crippen LogP contribution in [0.15, 0.2) is 18.2 Å². The van der Waals surface area contributed by atoms with Gasteiger partial charge < -0.3 is 14.8 Å². The molecule has 1 heterocycles. The Morgan fingerprint density at radius 3 is 3.00 bits per heavy atom. The largest absolute Gasteiger partial charge is 0.453 e. The molecule has 2 rings (SSSR count). The molecule has 0 saturated heterocycles. The Hall–Kier alpha value is -2.08. The van der Waals surface area contributed by atoms with E-state index in [0.717, 1.165) is 5.52 Å². The third kappa shape index (κ3) is 2.21. The maximum atomic E-state index is 11.0. The quantitative estimate of drug-likeness (QED) is 0.740. The number of anilines is 1. The van der Waals surface area contributed by atoms with Crippen LogP contribution in [0.25, 0.3) is 11.0 Å². The van der Waals surface area contributed by atoms with Crippen LogP contribution in [0.1, 0.15) is 18.6 Å². The Kier molecular flexibility index (Phi) is 2.97. The number of aromatic nitrogens is 2. The third-order valence-corrected chi connectivity index (χ3v) is 2.40. The van der Waals surface area contributed by atoms with Crippen LogP contribution in [0, 0.1) is 0 Å². The molecule has 1 aromatic heterocycles. The van der Waals surface area contributed by atoms with Gasteiger partial charge >= 0.3 is 6.09 Å². The lowest BCUT2D eigenvalue weighted by Crippen LogP contribution is -2.11. The molecule has 0 aliphatic heterocycles. The first-order chi connectivity index (χ1) is 8.11. The summed E-state index contributed by atoms with van der Waals surface area (Å²) in [6.45, 7) is 1.66. The summed E-state index contributed by atoms with van der Waals surface area (Å²) in [7, 11) is 1.28. The number of benzene rings is 1. The van der Waals surface area contributed by atoms with Gasteiger partial charge in [0.15, 0.2) is 0 Å². The number of aliphatic hydroxyl groups excluding tert-OH is 1. The van der Waals surface area contributed by atoms with Crippen molar-refractivity contribution in [1.29, 1.82) is 0 Å². The molecule has 0 bridgehead atoms. The minimum atomic E-state index is -0.618. The standard InChI is InChI=1S/C11H13N3O3/c1-6(15)7-4-3-5-8-9(7)13-10(12-8)14-11(16)17-2/h3-6,15H,1-2H3,(H2,12,13,14,16). The second-order valence-corrected chi connectivity index (χ2v) is 3.62. The molecule has 0 spiro atoms. The molecule has 0 saturated carbocycles. The Morgan fingerprint density at radius 2 is 2.35 bits per heavy atom. The number of fused-ring (bicyclic) bond motifs is 1. The van der Waals surface area contributed by atoms with Gasteiger partial charge in [-0.2, -0.15) is 0 Å². The summed E-state index contributed by atoms with van der Waals surface area (Å²) in [5.41, 5.74) is 2.08. The van der Waals surface area contributed by atoms with E-state index in [0.29, 0.717) is 17.0 Å². The lowest BCUT2D eigenvalue weighted by Gasteiger charge is -2.03. The molecular weight excluding hydrogens is 222 g/mol. The zero-order chi connectivity index (χ0) is 12.4. The number of hydrogen-bond acceptors (Lipinski definition) is 4. The summed E-state index contributed by atoms with van der Waals surface area (Å²) in [6, 6.07) is 5.41. The summed E-state index contributed by atoms with van der Waals surface area (Å²) in [5, 5.41) is 12.0. The van der Waals surface area contributed by atoms with Gasteiger partial charge in [-0.3, -0.25) is 5.32 Å². The number of hydrogen-bond donors (Lipinski definition) is 3. The van der Waals surface area contributed by atoms with Crippen LogP contribution in [-0.4, -0.2) is 28.3 Å². The van der Waals surface area contributed by atoms with E-state index < -0.39 is 12.2 Å². The van der Waals surface area contributed by atoms with Crippen LogP contribution >= 0.6 is 0 Å². The van der Waals surface area contributed by atoms with E-state index in [1.165, 1.54) is 7.11 Å². The van der Waals surface area contributed by atoms with E-state index >= 15 is 0 Å². The van der Waals surface area contributed by atoms with Crippen LogP contribution in [0.4, 0.5) is 10.7 Å². The van der Waals surface area contributed by atoms with E-state index in [1.54, 1.807) is 13.0 Å². The van der Waals surface area contributed by atoms with Crippen LogP contribution < -0.4 is 5.32 Å². The molecule has 0 radical (unpaired) electrons. The predicted octanol–water partition coefficient (Wildman–Crippen LogP) is 1.79. The first-order valence-electron chi connectivity index (χ1n) is 5.13. The molecule has 6 heteroatoms. The van der Waals surface area contributed by atoms with Gasteiger partial charge in [0.2, 0.25) is 5.95 Å². The maximum Gasteiger partial charge on any atom is 0.413 e. The van der Waals surface area contributed by atoms with Crippen LogP contribution in [0.3, 0.4) is 0 Å². The molecule has 1 aromatic carbocycles. The Morgan fingerprint density at radius 1 is 1.59 bits per heavy atom. The van der Waals surface area contributed by atoms with E-state index in [2.05, 4.69) is 20.0 Å². The number of methoxy groups -OCH3 is 1. The van der Waals surface area contributed by atoms with Crippen molar-refractivity contribution in [2.24, 2.45) is 0 Å². The normalized spacial score (nSPS) is 12.4. The smallest absolute Gasteiger partial charge is 0.413 e. The zero-order valence-electron chi connectivity index (χ0n) is 9.52. The van der Waals surface area contributed by atoms with Crippen molar-refractivity contribution in [3.8, 4) is 0 Å². The number of nitrogens with zero attached hydrogens (tertiary/aromatic N) is 1. The van der Waals surface area contributed by atoms with Crippen LogP contribution in [0.5, 0.6) is 0 Å². The highest BCUT2D eigenvalue weighted by Gasteiger charge is 2.12. The van der Waals surface area contributed by atoms with Gasteiger partial charge in [0.05, 0.1) is 24.2 Å². The molecule has 90 valence electrons. The molecule has 1 atom stereocenters. The average Bonchev–Trinajstić information content (AvgIpc) is 2.70. The lowest BCUT2D eigenvalue weighted by atomic mass is 10.1. The van der Waals surface area contributed by atoms with Gasteiger partial charge in [0.25, 0.3) is 0 Å². The highest BCUT2D eigenvalue weighted by molar-refractivity contribution is 5.87. The van der Waals surface area contributed by atoms with E-state index in [9.17, 15) is 9.90 Å². The molecule has 0 aliphatic carbocycles. The number of carbonyl (C=O) groups is 1. The molecule has 17 heavy (non-hydrogen) atoms. The molecule has 2 aromatic rings. The first-order valence-corrected chi connectivity index (χ1v) is 5.13. The van der Waals surface area contributed by atoms with Crippen molar-refractivity contribution in [3.63, 3.8) is 0 Å². The SMILES string of the molecule is COC(=O)Nc1nc2c(C(C)O)cccc2[nH]1. The molecule has 1 unspecified atom stereocenters. The number of aliphatic hydroxyl groups is 1. The van der Waals surface area contributed by atoms with Gasteiger partial charge in [-0.1, -0.05) is 12.1 Å². The maximum absolute atomic E-state index is 11.0. The molecule has 0 fully saturated rings. The fourth-order valence-corrected chi connectivity index (χ4v) is 1.60. The van der Waals surface area contributed by atoms with Crippen LogP contribution in [0.2, 0.25) is 0 Å². The van der Waals surface area contributed by atoms with E-state index in [4.69, 9.17) is 0 Å². The van der Waals surface area contributed by atoms with Gasteiger partial charge in [0, 0.05) is 5.56 Å². The Balaban J connectivity index is 2.43. The average molecular weight is 235 g/mol. The summed E-state index contributed by atoms with van der Waals surface area (Å²) in [6.07, 6.45) is -1.21. The zero-order valence-corrected chi connectivity index (χ0v) is 9.52. The second-order valence-electron chi connectivity index (χ2n) is 3.62. The van der Waals surface area contributed by atoms with Gasteiger partial charge in [-0.05, 0) is 13.0 Å². The summed E-state index contributed by atoms with van der Waals surface area (Å²) in [5.74, 6) is 0.292. The highest BCUT2D eigenvalue weighted by atomic mass is 16.5. The number of carbonyl (C=O) groups excluding carboxylic acids is 1. The monoisotopic (exact) mass is 235 g/mol. The van der Waals surface area contributed by atoms with Crippen LogP contribution in [-0.2, 0) is 4.74 Å². The molecule has 6 nitrogen and oxygen atoms in total. The fraction of sp³-hybridized carbons (Fsp3) is 0.273. The number of nitrogens with one attached hydrogen (secondary N) is 2. The highest BCUT2D eigenvalue weighted by Crippen LogP contribution is 2.23. The van der Waals surface area contributed by atoms with Crippen molar-refractivity contribution in [2.45, 2.75) is 13.0 Å². The summed E-state index contributed by atoms with van der Waals surface area (Å²) in [4.78, 5) is 18.2. The van der Waals surface area contributed by atoms with Gasteiger partial charge in [-0.15, -0.1) is 0 Å². The number of rotatable bonds is 2. The van der Waals surface area contributed by atoms with Crippen molar-refractivity contribution >= 4 is 23.1 Å². The fourth-order valence-electron chi connectivity index (χ4n) is 1.60. The molecule has 3 N–H and O–H groups in total. The van der Waals surface area contributed by atoms with Crippen molar-refractivity contribution < 1.29 is 14.6 Å². The minimum Gasteiger partial charge on any atom is -0.453 e. The Bertz CT molecular complexity index is 548. The van der Waals surface area contributed by atoms with E-state index in [1.807, 2.05) is 12.1 Å².